The smallest absolute Gasteiger partial charge is 0.226 e. The Morgan fingerprint density at radius 1 is 1.10 bits per heavy atom. The van der Waals surface area contributed by atoms with Gasteiger partial charge in [0.15, 0.2) is 5.13 Å². The third-order valence-electron chi connectivity index (χ3n) is 4.36. The highest BCUT2D eigenvalue weighted by atomic mass is 32.2. The molecule has 5 nitrogen and oxygen atoms in total. The Labute approximate surface area is 185 Å². The van der Waals surface area contributed by atoms with Gasteiger partial charge in [0.1, 0.15) is 11.5 Å². The highest BCUT2D eigenvalue weighted by Gasteiger charge is 2.12. The van der Waals surface area contributed by atoms with Gasteiger partial charge in [0.05, 0.1) is 19.4 Å². The van der Waals surface area contributed by atoms with Crippen molar-refractivity contribution in [1.29, 1.82) is 0 Å². The number of benzene rings is 2. The topological polar surface area (TPSA) is 60.5 Å². The molecule has 0 fully saturated rings. The minimum atomic E-state index is -0.00248. The first kappa shape index (κ1) is 22.2. The summed E-state index contributed by atoms with van der Waals surface area (Å²) in [6.07, 6.45) is 1.28. The Kier molecular flexibility index (Phi) is 8.16. The largest absolute Gasteiger partial charge is 0.497 e. The predicted octanol–water partition coefficient (Wildman–Crippen LogP) is 6.04. The van der Waals surface area contributed by atoms with Crippen LogP contribution >= 0.6 is 23.1 Å². The van der Waals surface area contributed by atoms with E-state index in [0.29, 0.717) is 18.2 Å². The van der Waals surface area contributed by atoms with Gasteiger partial charge in [0.2, 0.25) is 5.91 Å². The van der Waals surface area contributed by atoms with Gasteiger partial charge in [-0.15, -0.1) is 23.1 Å². The summed E-state index contributed by atoms with van der Waals surface area (Å²) < 4.78 is 10.7. The average Bonchev–Trinajstić information content (AvgIpc) is 3.12. The summed E-state index contributed by atoms with van der Waals surface area (Å²) in [5.41, 5.74) is 1.91. The molecule has 0 saturated heterocycles. The van der Waals surface area contributed by atoms with Gasteiger partial charge in [0, 0.05) is 21.8 Å². The van der Waals surface area contributed by atoms with Crippen LogP contribution in [-0.2, 0) is 4.79 Å². The van der Waals surface area contributed by atoms with Crippen molar-refractivity contribution >= 4 is 34.1 Å². The quantitative estimate of drug-likeness (QED) is 0.306. The van der Waals surface area contributed by atoms with Crippen molar-refractivity contribution in [1.82, 2.24) is 4.98 Å². The number of nitrogens with zero attached hydrogens (tertiary/aromatic N) is 1. The van der Waals surface area contributed by atoms with Crippen molar-refractivity contribution in [3.63, 3.8) is 0 Å². The molecule has 3 rings (SSSR count). The fourth-order valence-electron chi connectivity index (χ4n) is 2.87. The Bertz CT molecular complexity index is 954. The number of hydrogen-bond acceptors (Lipinski definition) is 6. The number of nitrogens with one attached hydrogen (secondary N) is 1. The molecule has 1 aromatic heterocycles. The van der Waals surface area contributed by atoms with E-state index in [0.717, 1.165) is 39.8 Å². The maximum atomic E-state index is 12.3. The van der Waals surface area contributed by atoms with E-state index in [-0.39, 0.29) is 5.91 Å². The molecule has 0 aliphatic carbocycles. The van der Waals surface area contributed by atoms with Crippen LogP contribution in [0.3, 0.4) is 0 Å². The molecule has 0 radical (unpaired) electrons. The van der Waals surface area contributed by atoms with Crippen LogP contribution in [0.2, 0.25) is 0 Å². The molecule has 0 aliphatic heterocycles. The number of carbonyl (C=O) groups is 1. The standard InChI is InChI=1S/C23H26N2O3S2/c1-4-28-19-9-7-17(8-10-19)22-16(2)30-23(25-22)24-21(26)6-5-15-29-20-13-11-18(27-3)12-14-20/h7-14H,4-6,15H2,1-3H3,(H,24,25,26). The second-order valence-electron chi connectivity index (χ2n) is 6.56. The van der Waals surface area contributed by atoms with Crippen molar-refractivity contribution in [3.8, 4) is 22.8 Å². The van der Waals surface area contributed by atoms with E-state index in [1.807, 2.05) is 62.4 Å². The van der Waals surface area contributed by atoms with Crippen LogP contribution in [0.25, 0.3) is 11.3 Å². The molecule has 0 atom stereocenters. The van der Waals surface area contributed by atoms with Crippen LogP contribution < -0.4 is 14.8 Å². The fraction of sp³-hybridized carbons (Fsp3) is 0.304. The zero-order chi connectivity index (χ0) is 21.3. The predicted molar refractivity (Wildman–Crippen MR) is 125 cm³/mol. The summed E-state index contributed by atoms with van der Waals surface area (Å²) in [5.74, 6) is 2.57. The lowest BCUT2D eigenvalue weighted by Gasteiger charge is -2.04. The SMILES string of the molecule is CCOc1ccc(-c2nc(NC(=O)CCCSc3ccc(OC)cc3)sc2C)cc1. The number of thioether (sulfide) groups is 1. The lowest BCUT2D eigenvalue weighted by molar-refractivity contribution is -0.116. The number of aryl methyl sites for hydroxylation is 1. The molecule has 30 heavy (non-hydrogen) atoms. The van der Waals surface area contributed by atoms with E-state index in [2.05, 4.69) is 10.3 Å². The number of rotatable bonds is 10. The van der Waals surface area contributed by atoms with E-state index >= 15 is 0 Å². The van der Waals surface area contributed by atoms with Crippen LogP contribution in [0.1, 0.15) is 24.6 Å². The summed E-state index contributed by atoms with van der Waals surface area (Å²) >= 11 is 3.24. The molecule has 1 heterocycles. The molecule has 0 bridgehead atoms. The van der Waals surface area contributed by atoms with E-state index in [9.17, 15) is 4.79 Å². The summed E-state index contributed by atoms with van der Waals surface area (Å²) in [7, 11) is 1.66. The summed E-state index contributed by atoms with van der Waals surface area (Å²) in [4.78, 5) is 19.2. The molecule has 0 unspecified atom stereocenters. The maximum absolute atomic E-state index is 12.3. The number of amides is 1. The number of carbonyl (C=O) groups excluding carboxylic acids is 1. The lowest BCUT2D eigenvalue weighted by Crippen LogP contribution is -2.11. The molecular weight excluding hydrogens is 416 g/mol. The average molecular weight is 443 g/mol. The lowest BCUT2D eigenvalue weighted by atomic mass is 10.1. The number of thiazole rings is 1. The van der Waals surface area contributed by atoms with Crippen LogP contribution in [0.5, 0.6) is 11.5 Å². The first-order valence-corrected chi connectivity index (χ1v) is 11.7. The van der Waals surface area contributed by atoms with E-state index < -0.39 is 0 Å². The number of methoxy groups -OCH3 is 1. The summed E-state index contributed by atoms with van der Waals surface area (Å²) in [6.45, 7) is 4.62. The zero-order valence-corrected chi connectivity index (χ0v) is 19.1. The molecule has 158 valence electrons. The molecule has 0 saturated carbocycles. The van der Waals surface area contributed by atoms with Gasteiger partial charge < -0.3 is 14.8 Å². The highest BCUT2D eigenvalue weighted by molar-refractivity contribution is 7.99. The Balaban J connectivity index is 1.47. The second kappa shape index (κ2) is 11.0. The van der Waals surface area contributed by atoms with Crippen LogP contribution in [-0.4, -0.2) is 30.4 Å². The molecule has 0 spiro atoms. The number of hydrogen-bond donors (Lipinski definition) is 1. The van der Waals surface area contributed by atoms with E-state index in [4.69, 9.17) is 9.47 Å². The Morgan fingerprint density at radius 3 is 2.47 bits per heavy atom. The molecular formula is C23H26N2O3S2. The van der Waals surface area contributed by atoms with Gasteiger partial charge in [-0.3, -0.25) is 4.79 Å². The third-order valence-corrected chi connectivity index (χ3v) is 6.34. The molecule has 1 amide bonds. The van der Waals surface area contributed by atoms with Gasteiger partial charge in [-0.1, -0.05) is 0 Å². The monoisotopic (exact) mass is 442 g/mol. The first-order valence-electron chi connectivity index (χ1n) is 9.86. The Morgan fingerprint density at radius 2 is 1.80 bits per heavy atom. The highest BCUT2D eigenvalue weighted by Crippen LogP contribution is 2.31. The van der Waals surface area contributed by atoms with Crippen LogP contribution in [0.4, 0.5) is 5.13 Å². The molecule has 1 N–H and O–H groups in total. The van der Waals surface area contributed by atoms with Crippen molar-refractivity contribution < 1.29 is 14.3 Å². The van der Waals surface area contributed by atoms with Crippen molar-refractivity contribution in [2.45, 2.75) is 31.6 Å². The van der Waals surface area contributed by atoms with Gasteiger partial charge >= 0.3 is 0 Å². The van der Waals surface area contributed by atoms with Gasteiger partial charge in [-0.2, -0.15) is 0 Å². The van der Waals surface area contributed by atoms with E-state index in [1.54, 1.807) is 18.9 Å². The van der Waals surface area contributed by atoms with Crippen molar-refractivity contribution in [3.05, 3.63) is 53.4 Å². The molecule has 3 aromatic rings. The minimum Gasteiger partial charge on any atom is -0.497 e. The minimum absolute atomic E-state index is 0.00248. The zero-order valence-electron chi connectivity index (χ0n) is 17.4. The van der Waals surface area contributed by atoms with Crippen molar-refractivity contribution in [2.24, 2.45) is 0 Å². The molecule has 0 aliphatic rings. The van der Waals surface area contributed by atoms with Crippen LogP contribution in [0.15, 0.2) is 53.4 Å². The van der Waals surface area contributed by atoms with Crippen molar-refractivity contribution in [2.75, 3.05) is 24.8 Å². The first-order chi connectivity index (χ1) is 14.6. The number of aromatic nitrogens is 1. The summed E-state index contributed by atoms with van der Waals surface area (Å²) in [6, 6.07) is 15.8. The summed E-state index contributed by atoms with van der Waals surface area (Å²) in [5, 5.41) is 3.58. The van der Waals surface area contributed by atoms with Gasteiger partial charge in [-0.25, -0.2) is 4.98 Å². The fourth-order valence-corrected chi connectivity index (χ4v) is 4.57. The second-order valence-corrected chi connectivity index (χ2v) is 8.93. The van der Waals surface area contributed by atoms with Crippen LogP contribution in [0, 0.1) is 6.92 Å². The number of anilines is 1. The third kappa shape index (κ3) is 6.24. The molecule has 2 aromatic carbocycles. The number of ether oxygens (including phenoxy) is 2. The van der Waals surface area contributed by atoms with Gasteiger partial charge in [-0.05, 0) is 74.6 Å². The molecule has 7 heteroatoms. The van der Waals surface area contributed by atoms with E-state index in [1.165, 1.54) is 16.2 Å². The Hall–Kier alpha value is -2.51. The maximum Gasteiger partial charge on any atom is 0.226 e. The van der Waals surface area contributed by atoms with Gasteiger partial charge in [0.25, 0.3) is 0 Å². The normalized spacial score (nSPS) is 10.6.